The summed E-state index contributed by atoms with van der Waals surface area (Å²) < 4.78 is 5.93. The lowest BCUT2D eigenvalue weighted by Gasteiger charge is -2.26. The van der Waals surface area contributed by atoms with Crippen molar-refractivity contribution in [1.29, 1.82) is 0 Å². The van der Waals surface area contributed by atoms with Gasteiger partial charge < -0.3 is 10.1 Å². The number of hydrogen-bond acceptors (Lipinski definition) is 2. The van der Waals surface area contributed by atoms with E-state index in [9.17, 15) is 0 Å². The minimum atomic E-state index is 0.562. The van der Waals surface area contributed by atoms with Crippen molar-refractivity contribution in [3.05, 3.63) is 0 Å². The fourth-order valence-electron chi connectivity index (χ4n) is 2.43. The van der Waals surface area contributed by atoms with Gasteiger partial charge in [0.15, 0.2) is 0 Å². The predicted molar refractivity (Wildman–Crippen MR) is 69.8 cm³/mol. The first kappa shape index (κ1) is 14.0. The van der Waals surface area contributed by atoms with Crippen LogP contribution >= 0.6 is 0 Å². The van der Waals surface area contributed by atoms with Gasteiger partial charge in [-0.25, -0.2) is 0 Å². The highest BCUT2D eigenvalue weighted by Crippen LogP contribution is 2.25. The third-order valence-electron chi connectivity index (χ3n) is 3.42. The van der Waals surface area contributed by atoms with Crippen molar-refractivity contribution in [2.24, 2.45) is 5.92 Å². The summed E-state index contributed by atoms with van der Waals surface area (Å²) in [6, 6.07) is 0. The average molecular weight is 227 g/mol. The fourth-order valence-corrected chi connectivity index (χ4v) is 2.43. The van der Waals surface area contributed by atoms with E-state index in [2.05, 4.69) is 19.2 Å². The summed E-state index contributed by atoms with van der Waals surface area (Å²) in [6.07, 6.45) is 9.60. The zero-order chi connectivity index (χ0) is 11.6. The Kier molecular flexibility index (Phi) is 7.87. The van der Waals surface area contributed by atoms with Gasteiger partial charge in [0, 0.05) is 6.61 Å². The van der Waals surface area contributed by atoms with Crippen molar-refractivity contribution < 1.29 is 4.74 Å². The van der Waals surface area contributed by atoms with E-state index in [0.717, 1.165) is 25.6 Å². The third-order valence-corrected chi connectivity index (χ3v) is 3.42. The molecule has 0 aliphatic heterocycles. The van der Waals surface area contributed by atoms with Crippen LogP contribution in [0.15, 0.2) is 0 Å². The van der Waals surface area contributed by atoms with Gasteiger partial charge in [-0.2, -0.15) is 0 Å². The Bertz CT molecular complexity index is 161. The molecule has 16 heavy (non-hydrogen) atoms. The van der Waals surface area contributed by atoms with Gasteiger partial charge in [-0.05, 0) is 51.1 Å². The zero-order valence-corrected chi connectivity index (χ0v) is 11.1. The van der Waals surface area contributed by atoms with Crippen LogP contribution in [0.4, 0.5) is 0 Å². The van der Waals surface area contributed by atoms with Gasteiger partial charge in [-0.3, -0.25) is 0 Å². The maximum atomic E-state index is 5.93. The Balaban J connectivity index is 1.86. The zero-order valence-electron chi connectivity index (χ0n) is 11.1. The van der Waals surface area contributed by atoms with Gasteiger partial charge in [0.2, 0.25) is 0 Å². The van der Waals surface area contributed by atoms with Gasteiger partial charge in [0.05, 0.1) is 6.10 Å². The molecular formula is C14H29NO. The predicted octanol–water partition coefficient (Wildman–Crippen LogP) is 3.36. The van der Waals surface area contributed by atoms with Crippen LogP contribution < -0.4 is 5.32 Å². The van der Waals surface area contributed by atoms with Crippen LogP contribution in [0.3, 0.4) is 0 Å². The maximum Gasteiger partial charge on any atom is 0.0577 e. The summed E-state index contributed by atoms with van der Waals surface area (Å²) in [6.45, 7) is 7.83. The molecule has 2 atom stereocenters. The molecule has 0 aromatic rings. The summed E-state index contributed by atoms with van der Waals surface area (Å²) in [5, 5.41) is 3.43. The largest absolute Gasteiger partial charge is 0.378 e. The maximum absolute atomic E-state index is 5.93. The van der Waals surface area contributed by atoms with Gasteiger partial charge in [-0.15, -0.1) is 0 Å². The number of hydrogen-bond donors (Lipinski definition) is 1. The van der Waals surface area contributed by atoms with Gasteiger partial charge in [-0.1, -0.05) is 26.7 Å². The quantitative estimate of drug-likeness (QED) is 0.642. The molecule has 0 saturated heterocycles. The normalized spacial score (nSPS) is 25.9. The minimum absolute atomic E-state index is 0.562. The molecule has 0 bridgehead atoms. The van der Waals surface area contributed by atoms with Crippen molar-refractivity contribution in [3.8, 4) is 0 Å². The van der Waals surface area contributed by atoms with Crippen molar-refractivity contribution >= 4 is 0 Å². The van der Waals surface area contributed by atoms with E-state index in [4.69, 9.17) is 4.74 Å². The first-order valence-electron chi connectivity index (χ1n) is 7.15. The number of rotatable bonds is 8. The lowest BCUT2D eigenvalue weighted by Crippen LogP contribution is -2.22. The molecule has 2 heteroatoms. The third kappa shape index (κ3) is 6.49. The molecule has 1 aliphatic carbocycles. The highest BCUT2D eigenvalue weighted by atomic mass is 16.5. The van der Waals surface area contributed by atoms with E-state index in [1.165, 1.54) is 44.9 Å². The highest BCUT2D eigenvalue weighted by molar-refractivity contribution is 4.70. The average Bonchev–Trinajstić information content (AvgIpc) is 2.28. The van der Waals surface area contributed by atoms with E-state index in [-0.39, 0.29) is 0 Å². The molecule has 0 amide bonds. The molecule has 0 aromatic carbocycles. The lowest BCUT2D eigenvalue weighted by molar-refractivity contribution is 0.0139. The molecular weight excluding hydrogens is 198 g/mol. The molecule has 1 aliphatic rings. The van der Waals surface area contributed by atoms with Crippen molar-refractivity contribution in [3.63, 3.8) is 0 Å². The molecule has 96 valence electrons. The van der Waals surface area contributed by atoms with Crippen molar-refractivity contribution in [2.75, 3.05) is 19.7 Å². The fraction of sp³-hybridized carbons (Fsp3) is 1.00. The van der Waals surface area contributed by atoms with Crippen LogP contribution in [0.2, 0.25) is 0 Å². The second-order valence-electron chi connectivity index (χ2n) is 5.22. The molecule has 2 nitrogen and oxygen atoms in total. The van der Waals surface area contributed by atoms with Crippen LogP contribution in [0, 0.1) is 5.92 Å². The minimum Gasteiger partial charge on any atom is -0.378 e. The standard InChI is InChI=1S/C14H29NO/c1-3-9-15-10-4-5-11-16-14-8-6-7-13(2)12-14/h13-15H,3-12H2,1-2H3. The molecule has 2 unspecified atom stereocenters. The number of unbranched alkanes of at least 4 members (excludes halogenated alkanes) is 1. The topological polar surface area (TPSA) is 21.3 Å². The first-order chi connectivity index (χ1) is 7.83. The van der Waals surface area contributed by atoms with Crippen LogP contribution in [-0.2, 0) is 4.74 Å². The van der Waals surface area contributed by atoms with Crippen LogP contribution in [0.25, 0.3) is 0 Å². The first-order valence-corrected chi connectivity index (χ1v) is 7.15. The van der Waals surface area contributed by atoms with E-state index in [1.807, 2.05) is 0 Å². The monoisotopic (exact) mass is 227 g/mol. The number of nitrogens with one attached hydrogen (secondary N) is 1. The summed E-state index contributed by atoms with van der Waals surface area (Å²) in [5.41, 5.74) is 0. The van der Waals surface area contributed by atoms with E-state index >= 15 is 0 Å². The smallest absolute Gasteiger partial charge is 0.0577 e. The molecule has 0 heterocycles. The van der Waals surface area contributed by atoms with E-state index < -0.39 is 0 Å². The second kappa shape index (κ2) is 9.00. The summed E-state index contributed by atoms with van der Waals surface area (Å²) in [7, 11) is 0. The molecule has 0 aromatic heterocycles. The summed E-state index contributed by atoms with van der Waals surface area (Å²) >= 11 is 0. The Morgan fingerprint density at radius 3 is 2.81 bits per heavy atom. The van der Waals surface area contributed by atoms with Gasteiger partial charge in [0.25, 0.3) is 0 Å². The summed E-state index contributed by atoms with van der Waals surface area (Å²) in [4.78, 5) is 0. The molecule has 1 saturated carbocycles. The summed E-state index contributed by atoms with van der Waals surface area (Å²) in [5.74, 6) is 0.880. The second-order valence-corrected chi connectivity index (χ2v) is 5.22. The lowest BCUT2D eigenvalue weighted by atomic mass is 9.89. The van der Waals surface area contributed by atoms with E-state index in [1.54, 1.807) is 0 Å². The van der Waals surface area contributed by atoms with Crippen LogP contribution in [0.1, 0.15) is 58.8 Å². The Morgan fingerprint density at radius 1 is 1.19 bits per heavy atom. The Hall–Kier alpha value is -0.0800. The Morgan fingerprint density at radius 2 is 2.06 bits per heavy atom. The Labute approximate surface area is 101 Å². The highest BCUT2D eigenvalue weighted by Gasteiger charge is 2.18. The SMILES string of the molecule is CCCNCCCCOC1CCCC(C)C1. The molecule has 1 rings (SSSR count). The van der Waals surface area contributed by atoms with E-state index in [0.29, 0.717) is 6.10 Å². The van der Waals surface area contributed by atoms with Crippen molar-refractivity contribution in [1.82, 2.24) is 5.32 Å². The van der Waals surface area contributed by atoms with Crippen molar-refractivity contribution in [2.45, 2.75) is 64.9 Å². The van der Waals surface area contributed by atoms with Crippen LogP contribution in [0.5, 0.6) is 0 Å². The van der Waals surface area contributed by atoms with Gasteiger partial charge >= 0.3 is 0 Å². The van der Waals surface area contributed by atoms with Gasteiger partial charge in [0.1, 0.15) is 0 Å². The molecule has 0 radical (unpaired) electrons. The van der Waals surface area contributed by atoms with Crippen LogP contribution in [-0.4, -0.2) is 25.8 Å². The molecule has 1 N–H and O–H groups in total. The molecule has 1 fully saturated rings. The number of ether oxygens (including phenoxy) is 1. The molecule has 0 spiro atoms.